The number of aromatic nitrogens is 2. The Morgan fingerprint density at radius 1 is 1.47 bits per heavy atom. The van der Waals surface area contributed by atoms with Gasteiger partial charge in [-0.05, 0) is 18.8 Å². The molecule has 15 heavy (non-hydrogen) atoms. The minimum atomic E-state index is -0.167. The molecular weight excluding hydrogens is 192 g/mol. The van der Waals surface area contributed by atoms with Gasteiger partial charge in [-0.25, -0.2) is 9.97 Å². The number of hydrogen-bond acceptors (Lipinski definition) is 4. The Balaban J connectivity index is 1.93. The van der Waals surface area contributed by atoms with Crippen LogP contribution in [0.2, 0.25) is 0 Å². The molecule has 0 bridgehead atoms. The van der Waals surface area contributed by atoms with Gasteiger partial charge in [0.1, 0.15) is 11.5 Å². The lowest BCUT2D eigenvalue weighted by Crippen LogP contribution is -2.43. The van der Waals surface area contributed by atoms with Crippen LogP contribution in [0.3, 0.4) is 0 Å². The third-order valence-corrected chi connectivity index (χ3v) is 2.61. The summed E-state index contributed by atoms with van der Waals surface area (Å²) in [6.07, 6.45) is 4.88. The molecule has 5 heteroatoms. The Bertz CT molecular complexity index is 356. The van der Waals surface area contributed by atoms with Crippen molar-refractivity contribution in [2.75, 3.05) is 5.73 Å². The SMILES string of the molecule is CC1CC(NC(=O)c2cnc(N)cn2)C1. The van der Waals surface area contributed by atoms with Crippen molar-refractivity contribution in [3.63, 3.8) is 0 Å². The normalized spacial score (nSPS) is 24.3. The van der Waals surface area contributed by atoms with E-state index in [1.165, 1.54) is 12.4 Å². The Hall–Kier alpha value is -1.65. The molecule has 1 heterocycles. The monoisotopic (exact) mass is 206 g/mol. The van der Waals surface area contributed by atoms with Gasteiger partial charge in [-0.3, -0.25) is 4.79 Å². The average molecular weight is 206 g/mol. The second-order valence-corrected chi connectivity index (χ2v) is 4.07. The summed E-state index contributed by atoms with van der Waals surface area (Å²) in [6.45, 7) is 2.17. The summed E-state index contributed by atoms with van der Waals surface area (Å²) in [5, 5.41) is 2.90. The summed E-state index contributed by atoms with van der Waals surface area (Å²) in [4.78, 5) is 19.3. The second-order valence-electron chi connectivity index (χ2n) is 4.07. The number of nitrogen functional groups attached to an aromatic ring is 1. The first-order chi connectivity index (χ1) is 7.15. The zero-order chi connectivity index (χ0) is 10.8. The van der Waals surface area contributed by atoms with Crippen molar-refractivity contribution in [2.24, 2.45) is 5.92 Å². The molecule has 0 radical (unpaired) electrons. The van der Waals surface area contributed by atoms with Gasteiger partial charge in [0, 0.05) is 6.04 Å². The number of carbonyl (C=O) groups is 1. The van der Waals surface area contributed by atoms with Crippen LogP contribution >= 0.6 is 0 Å². The topological polar surface area (TPSA) is 80.9 Å². The van der Waals surface area contributed by atoms with Gasteiger partial charge in [0.2, 0.25) is 0 Å². The average Bonchev–Trinajstić information content (AvgIpc) is 2.16. The van der Waals surface area contributed by atoms with Crippen molar-refractivity contribution in [2.45, 2.75) is 25.8 Å². The van der Waals surface area contributed by atoms with Gasteiger partial charge in [0.25, 0.3) is 5.91 Å². The van der Waals surface area contributed by atoms with Crippen LogP contribution in [0, 0.1) is 5.92 Å². The molecule has 1 saturated carbocycles. The zero-order valence-electron chi connectivity index (χ0n) is 8.60. The number of nitrogens with one attached hydrogen (secondary N) is 1. The third kappa shape index (κ3) is 2.23. The summed E-state index contributed by atoms with van der Waals surface area (Å²) >= 11 is 0. The van der Waals surface area contributed by atoms with Crippen molar-refractivity contribution >= 4 is 11.7 Å². The van der Waals surface area contributed by atoms with Gasteiger partial charge >= 0.3 is 0 Å². The molecule has 1 aromatic rings. The lowest BCUT2D eigenvalue weighted by atomic mass is 9.82. The van der Waals surface area contributed by atoms with E-state index in [4.69, 9.17) is 5.73 Å². The van der Waals surface area contributed by atoms with E-state index >= 15 is 0 Å². The van der Waals surface area contributed by atoms with E-state index in [9.17, 15) is 4.79 Å². The second kappa shape index (κ2) is 3.84. The molecular formula is C10H14N4O. The molecule has 0 saturated heterocycles. The minimum Gasteiger partial charge on any atom is -0.382 e. The summed E-state index contributed by atoms with van der Waals surface area (Å²) in [5.41, 5.74) is 5.70. The predicted octanol–water partition coefficient (Wildman–Crippen LogP) is 0.587. The van der Waals surface area contributed by atoms with Crippen LogP contribution < -0.4 is 11.1 Å². The van der Waals surface area contributed by atoms with E-state index in [0.717, 1.165) is 12.8 Å². The van der Waals surface area contributed by atoms with Crippen molar-refractivity contribution in [1.29, 1.82) is 0 Å². The van der Waals surface area contributed by atoms with Crippen molar-refractivity contribution in [3.8, 4) is 0 Å². The van der Waals surface area contributed by atoms with Crippen molar-refractivity contribution < 1.29 is 4.79 Å². The van der Waals surface area contributed by atoms with Gasteiger partial charge in [-0.1, -0.05) is 6.92 Å². The molecule has 3 N–H and O–H groups in total. The number of amides is 1. The summed E-state index contributed by atoms with van der Waals surface area (Å²) < 4.78 is 0. The summed E-state index contributed by atoms with van der Waals surface area (Å²) in [6, 6.07) is 0.298. The van der Waals surface area contributed by atoms with Crippen LogP contribution in [0.5, 0.6) is 0 Å². The molecule has 0 spiro atoms. The van der Waals surface area contributed by atoms with Gasteiger partial charge in [0.05, 0.1) is 12.4 Å². The lowest BCUT2D eigenvalue weighted by Gasteiger charge is -2.33. The number of nitrogens with two attached hydrogens (primary N) is 1. The molecule has 0 atom stereocenters. The molecule has 1 aromatic heterocycles. The van der Waals surface area contributed by atoms with Gasteiger partial charge in [-0.2, -0.15) is 0 Å². The zero-order valence-corrected chi connectivity index (χ0v) is 8.60. The van der Waals surface area contributed by atoms with Gasteiger partial charge < -0.3 is 11.1 Å². The number of nitrogens with zero attached hydrogens (tertiary/aromatic N) is 2. The fourth-order valence-electron chi connectivity index (χ4n) is 1.73. The summed E-state index contributed by atoms with van der Waals surface area (Å²) in [7, 11) is 0. The van der Waals surface area contributed by atoms with E-state index in [1.807, 2.05) is 0 Å². The molecule has 1 aliphatic carbocycles. The molecule has 0 aromatic carbocycles. The van der Waals surface area contributed by atoms with Crippen molar-refractivity contribution in [3.05, 3.63) is 18.1 Å². The molecule has 1 amide bonds. The van der Waals surface area contributed by atoms with Crippen LogP contribution in [0.15, 0.2) is 12.4 Å². The predicted molar refractivity (Wildman–Crippen MR) is 56.1 cm³/mol. The van der Waals surface area contributed by atoms with E-state index in [1.54, 1.807) is 0 Å². The van der Waals surface area contributed by atoms with Crippen LogP contribution in [0.1, 0.15) is 30.3 Å². The molecule has 1 fully saturated rings. The van der Waals surface area contributed by atoms with Crippen molar-refractivity contribution in [1.82, 2.24) is 15.3 Å². The maximum Gasteiger partial charge on any atom is 0.271 e. The van der Waals surface area contributed by atoms with E-state index in [-0.39, 0.29) is 5.91 Å². The molecule has 2 rings (SSSR count). The quantitative estimate of drug-likeness (QED) is 0.742. The van der Waals surface area contributed by atoms with E-state index in [2.05, 4.69) is 22.2 Å². The highest BCUT2D eigenvalue weighted by molar-refractivity contribution is 5.92. The Labute approximate surface area is 88.1 Å². The fraction of sp³-hybridized carbons (Fsp3) is 0.500. The number of carbonyl (C=O) groups excluding carboxylic acids is 1. The Morgan fingerprint density at radius 3 is 2.73 bits per heavy atom. The maximum atomic E-state index is 11.6. The van der Waals surface area contributed by atoms with Gasteiger partial charge in [0.15, 0.2) is 0 Å². The number of hydrogen-bond donors (Lipinski definition) is 2. The molecule has 1 aliphatic rings. The molecule has 80 valence electrons. The Morgan fingerprint density at radius 2 is 2.20 bits per heavy atom. The lowest BCUT2D eigenvalue weighted by molar-refractivity contribution is 0.0890. The first-order valence-corrected chi connectivity index (χ1v) is 5.03. The van der Waals surface area contributed by atoms with Crippen LogP contribution in [-0.4, -0.2) is 21.9 Å². The molecule has 0 aliphatic heterocycles. The highest BCUT2D eigenvalue weighted by atomic mass is 16.1. The number of rotatable bonds is 2. The standard InChI is InChI=1S/C10H14N4O/c1-6-2-7(3-6)14-10(15)8-4-13-9(11)5-12-8/h4-7H,2-3H2,1H3,(H2,11,13)(H,14,15). The fourth-order valence-corrected chi connectivity index (χ4v) is 1.73. The summed E-state index contributed by atoms with van der Waals surface area (Å²) in [5.74, 6) is 0.871. The smallest absolute Gasteiger partial charge is 0.271 e. The maximum absolute atomic E-state index is 11.6. The van der Waals surface area contributed by atoms with Crippen LogP contribution in [-0.2, 0) is 0 Å². The minimum absolute atomic E-state index is 0.167. The van der Waals surface area contributed by atoms with E-state index in [0.29, 0.717) is 23.5 Å². The largest absolute Gasteiger partial charge is 0.382 e. The van der Waals surface area contributed by atoms with E-state index < -0.39 is 0 Å². The van der Waals surface area contributed by atoms with Crippen LogP contribution in [0.4, 0.5) is 5.82 Å². The third-order valence-electron chi connectivity index (χ3n) is 2.61. The highest BCUT2D eigenvalue weighted by Crippen LogP contribution is 2.26. The first kappa shape index (κ1) is 9.89. The van der Waals surface area contributed by atoms with Gasteiger partial charge in [-0.15, -0.1) is 0 Å². The first-order valence-electron chi connectivity index (χ1n) is 5.03. The molecule has 0 unspecified atom stereocenters. The Kier molecular flexibility index (Phi) is 2.53. The van der Waals surface area contributed by atoms with Crippen LogP contribution in [0.25, 0.3) is 0 Å². The highest BCUT2D eigenvalue weighted by Gasteiger charge is 2.27. The molecule has 5 nitrogen and oxygen atoms in total. The number of anilines is 1.